The Morgan fingerprint density at radius 3 is 2.62 bits per heavy atom. The van der Waals surface area contributed by atoms with Crippen molar-refractivity contribution in [1.82, 2.24) is 5.16 Å². The Hall–Kier alpha value is -1.85. The van der Waals surface area contributed by atoms with Crippen molar-refractivity contribution in [2.45, 2.75) is 33.3 Å². The third-order valence-corrected chi connectivity index (χ3v) is 1.64. The van der Waals surface area contributed by atoms with Crippen molar-refractivity contribution in [3.63, 3.8) is 0 Å². The average molecular weight is 226 g/mol. The third-order valence-electron chi connectivity index (χ3n) is 1.64. The van der Waals surface area contributed by atoms with Gasteiger partial charge in [-0.15, -0.1) is 0 Å². The molecule has 0 bridgehead atoms. The zero-order valence-electron chi connectivity index (χ0n) is 9.68. The van der Waals surface area contributed by atoms with E-state index in [1.165, 1.54) is 19.1 Å². The summed E-state index contributed by atoms with van der Waals surface area (Å²) >= 11 is 0. The lowest BCUT2D eigenvalue weighted by Crippen LogP contribution is -2.25. The van der Waals surface area contributed by atoms with E-state index >= 15 is 0 Å². The quantitative estimate of drug-likeness (QED) is 0.426. The third kappa shape index (κ3) is 3.38. The Bertz CT molecular complexity index is 415. The number of rotatable bonds is 2. The topological polar surface area (TPSA) is 79.3 Å². The molecule has 1 rings (SSSR count). The van der Waals surface area contributed by atoms with Gasteiger partial charge in [-0.1, -0.05) is 0 Å². The molecule has 6 nitrogen and oxygen atoms in total. The van der Waals surface area contributed by atoms with Crippen LogP contribution in [-0.2, 0) is 9.53 Å². The number of nitrogens with zero attached hydrogens (tertiary/aromatic N) is 2. The molecule has 0 amide bonds. The average Bonchev–Trinajstić information content (AvgIpc) is 2.42. The van der Waals surface area contributed by atoms with Gasteiger partial charge in [0, 0.05) is 24.2 Å². The van der Waals surface area contributed by atoms with Crippen molar-refractivity contribution in [2.24, 2.45) is 0 Å². The van der Waals surface area contributed by atoms with Crippen LogP contribution in [0.5, 0.6) is 0 Å². The number of aromatic nitrogens is 2. The highest BCUT2D eigenvalue weighted by Gasteiger charge is 2.15. The summed E-state index contributed by atoms with van der Waals surface area (Å²) in [6.45, 7) is 6.85. The minimum absolute atomic E-state index is 0.273. The maximum atomic E-state index is 11.3. The highest BCUT2D eigenvalue weighted by atomic mass is 16.8. The Morgan fingerprint density at radius 2 is 2.19 bits per heavy atom. The van der Waals surface area contributed by atoms with Gasteiger partial charge in [0.25, 0.3) is 0 Å². The lowest BCUT2D eigenvalue weighted by molar-refractivity contribution is -0.806. The lowest BCUT2D eigenvalue weighted by atomic mass is 10.2. The minimum Gasteiger partial charge on any atom is -0.457 e. The fraction of sp³-hybridized carbons (Fsp3) is 0.500. The first kappa shape index (κ1) is 12.2. The Labute approximate surface area is 93.0 Å². The first-order valence-electron chi connectivity index (χ1n) is 4.77. The first-order chi connectivity index (χ1) is 7.29. The molecule has 1 aromatic rings. The molecular formula is C10H14N2O4. The second kappa shape index (κ2) is 4.34. The Kier molecular flexibility index (Phi) is 3.31. The molecule has 0 aliphatic heterocycles. The number of hydrogen-bond acceptors (Lipinski definition) is 5. The van der Waals surface area contributed by atoms with E-state index in [4.69, 9.17) is 4.74 Å². The molecule has 0 spiro atoms. The van der Waals surface area contributed by atoms with Gasteiger partial charge in [0.05, 0.1) is 0 Å². The van der Waals surface area contributed by atoms with Crippen molar-refractivity contribution in [1.29, 1.82) is 0 Å². The zero-order valence-corrected chi connectivity index (χ0v) is 9.68. The molecule has 0 atom stereocenters. The molecule has 1 heterocycles. The molecule has 88 valence electrons. The monoisotopic (exact) mass is 226 g/mol. The van der Waals surface area contributed by atoms with E-state index in [2.05, 4.69) is 9.79 Å². The first-order valence-corrected chi connectivity index (χ1v) is 4.77. The van der Waals surface area contributed by atoms with Crippen LogP contribution in [0.2, 0.25) is 0 Å². The maximum absolute atomic E-state index is 11.3. The summed E-state index contributed by atoms with van der Waals surface area (Å²) in [6, 6.07) is 0. The van der Waals surface area contributed by atoms with Crippen LogP contribution in [0.4, 0.5) is 0 Å². The number of carbonyl (C=O) groups is 1. The van der Waals surface area contributed by atoms with Crippen molar-refractivity contribution >= 4 is 12.0 Å². The van der Waals surface area contributed by atoms with Gasteiger partial charge >= 0.3 is 5.97 Å². The van der Waals surface area contributed by atoms with E-state index < -0.39 is 11.6 Å². The number of ether oxygens (including phenoxy) is 1. The van der Waals surface area contributed by atoms with Crippen molar-refractivity contribution in [3.8, 4) is 0 Å². The van der Waals surface area contributed by atoms with Crippen LogP contribution in [-0.4, -0.2) is 16.7 Å². The van der Waals surface area contributed by atoms with Crippen LogP contribution >= 0.6 is 0 Å². The van der Waals surface area contributed by atoms with Gasteiger partial charge in [-0.3, -0.25) is 4.63 Å². The van der Waals surface area contributed by atoms with E-state index in [1.54, 1.807) is 20.8 Å². The summed E-state index contributed by atoms with van der Waals surface area (Å²) in [5.41, 5.74) is 0.0549. The second-order valence-corrected chi connectivity index (χ2v) is 4.27. The summed E-state index contributed by atoms with van der Waals surface area (Å²) < 4.78 is 9.37. The highest BCUT2D eigenvalue weighted by molar-refractivity contribution is 5.87. The maximum Gasteiger partial charge on any atom is 0.331 e. The SMILES string of the molecule is Cc1c(/C=C/C(=O)OC(C)(C)C)no[n+]1[O-]. The van der Waals surface area contributed by atoms with Gasteiger partial charge in [0.2, 0.25) is 5.69 Å². The van der Waals surface area contributed by atoms with Crippen LogP contribution < -0.4 is 4.90 Å². The number of esters is 1. The molecule has 0 saturated carbocycles. The van der Waals surface area contributed by atoms with Crippen LogP contribution in [0.1, 0.15) is 32.2 Å². The van der Waals surface area contributed by atoms with Crippen molar-refractivity contribution < 1.29 is 19.1 Å². The van der Waals surface area contributed by atoms with E-state index in [0.29, 0.717) is 11.4 Å². The second-order valence-electron chi connectivity index (χ2n) is 4.27. The van der Waals surface area contributed by atoms with Gasteiger partial charge in [0.15, 0.2) is 5.69 Å². The van der Waals surface area contributed by atoms with E-state index in [9.17, 15) is 10.0 Å². The molecule has 6 heteroatoms. The van der Waals surface area contributed by atoms with Gasteiger partial charge in [0.1, 0.15) is 5.60 Å². The molecule has 0 unspecified atom stereocenters. The van der Waals surface area contributed by atoms with Gasteiger partial charge in [-0.05, 0) is 25.7 Å². The number of carbonyl (C=O) groups excluding carboxylic acids is 1. The van der Waals surface area contributed by atoms with Gasteiger partial charge < -0.3 is 9.94 Å². The molecule has 0 saturated heterocycles. The van der Waals surface area contributed by atoms with Crippen LogP contribution in [0, 0.1) is 12.1 Å². The predicted octanol–water partition coefficient (Wildman–Crippen LogP) is 0.971. The molecule has 16 heavy (non-hydrogen) atoms. The largest absolute Gasteiger partial charge is 0.457 e. The summed E-state index contributed by atoms with van der Waals surface area (Å²) in [6.07, 6.45) is 2.58. The van der Waals surface area contributed by atoms with Gasteiger partial charge in [-0.2, -0.15) is 0 Å². The predicted molar refractivity (Wildman–Crippen MR) is 55.1 cm³/mol. The highest BCUT2D eigenvalue weighted by Crippen LogP contribution is 2.08. The van der Waals surface area contributed by atoms with E-state index in [0.717, 1.165) is 0 Å². The molecule has 0 radical (unpaired) electrons. The molecule has 0 N–H and O–H groups in total. The smallest absolute Gasteiger partial charge is 0.331 e. The fourth-order valence-electron chi connectivity index (χ4n) is 0.936. The molecule has 0 fully saturated rings. The normalized spacial score (nSPS) is 12.0. The molecular weight excluding hydrogens is 212 g/mol. The molecule has 0 aromatic carbocycles. The van der Waals surface area contributed by atoms with Crippen LogP contribution in [0.3, 0.4) is 0 Å². The Morgan fingerprint density at radius 1 is 1.56 bits per heavy atom. The summed E-state index contributed by atoms with van der Waals surface area (Å²) in [4.78, 5) is 11.6. The van der Waals surface area contributed by atoms with Crippen molar-refractivity contribution in [2.75, 3.05) is 0 Å². The molecule has 0 aliphatic rings. The molecule has 1 aromatic heterocycles. The number of hydrogen-bond donors (Lipinski definition) is 0. The van der Waals surface area contributed by atoms with E-state index in [1.807, 2.05) is 0 Å². The lowest BCUT2D eigenvalue weighted by Gasteiger charge is -2.17. The summed E-state index contributed by atoms with van der Waals surface area (Å²) in [5, 5.41) is 14.3. The van der Waals surface area contributed by atoms with Crippen LogP contribution in [0.25, 0.3) is 6.08 Å². The van der Waals surface area contributed by atoms with E-state index in [-0.39, 0.29) is 4.90 Å². The summed E-state index contributed by atoms with van der Waals surface area (Å²) in [7, 11) is 0. The fourth-order valence-corrected chi connectivity index (χ4v) is 0.936. The minimum atomic E-state index is -0.543. The van der Waals surface area contributed by atoms with Gasteiger partial charge in [-0.25, -0.2) is 4.79 Å². The Balaban J connectivity index is 2.68. The zero-order chi connectivity index (χ0) is 12.3. The van der Waals surface area contributed by atoms with Crippen molar-refractivity contribution in [3.05, 3.63) is 22.7 Å². The summed E-state index contributed by atoms with van der Waals surface area (Å²) in [5.74, 6) is -0.493. The van der Waals surface area contributed by atoms with Crippen LogP contribution in [0.15, 0.2) is 10.7 Å². The standard InChI is InChI=1S/C10H14N2O4/c1-7-8(11-16-12(7)14)5-6-9(13)15-10(2,3)4/h5-6H,1-4H3/b6-5+. The molecule has 0 aliphatic carbocycles.